The van der Waals surface area contributed by atoms with Gasteiger partial charge in [0.05, 0.1) is 6.10 Å². The van der Waals surface area contributed by atoms with E-state index in [-0.39, 0.29) is 17.9 Å². The van der Waals surface area contributed by atoms with Crippen LogP contribution in [-0.4, -0.2) is 19.1 Å². The van der Waals surface area contributed by atoms with Crippen LogP contribution in [-0.2, 0) is 9.53 Å². The first-order chi connectivity index (χ1) is 9.27. The molecule has 1 aliphatic rings. The fraction of sp³-hybridized carbons (Fsp3) is 0.562. The molecule has 1 unspecified atom stereocenters. The highest BCUT2D eigenvalue weighted by Crippen LogP contribution is 2.26. The van der Waals surface area contributed by atoms with Gasteiger partial charge in [0.25, 0.3) is 0 Å². The highest BCUT2D eigenvalue weighted by Gasteiger charge is 2.24. The lowest BCUT2D eigenvalue weighted by molar-refractivity contribution is -0.127. The Morgan fingerprint density at radius 3 is 2.74 bits per heavy atom. The van der Waals surface area contributed by atoms with E-state index in [1.807, 2.05) is 18.2 Å². The number of amides is 1. The molecule has 0 radical (unpaired) electrons. The quantitative estimate of drug-likeness (QED) is 0.766. The number of carbonyl (C=O) groups is 1. The van der Waals surface area contributed by atoms with Crippen molar-refractivity contribution in [2.45, 2.75) is 38.7 Å². The molecule has 0 saturated heterocycles. The molecule has 0 bridgehead atoms. The third-order valence-corrected chi connectivity index (χ3v) is 3.73. The standard InChI is InChI=1S/C16H23NO2/c1-13(14-7-3-2-4-8-14)19-12-6-11-17-16(18)15-9-5-10-15/h2-4,7-8,13,15H,5-6,9-12H2,1H3,(H,17,18). The molecule has 1 aliphatic carbocycles. The Labute approximate surface area is 115 Å². The number of benzene rings is 1. The summed E-state index contributed by atoms with van der Waals surface area (Å²) >= 11 is 0. The van der Waals surface area contributed by atoms with Gasteiger partial charge < -0.3 is 10.1 Å². The van der Waals surface area contributed by atoms with Crippen molar-refractivity contribution in [2.24, 2.45) is 5.92 Å². The number of hydrogen-bond acceptors (Lipinski definition) is 2. The maximum atomic E-state index is 11.6. The minimum atomic E-state index is 0.114. The summed E-state index contributed by atoms with van der Waals surface area (Å²) in [7, 11) is 0. The minimum absolute atomic E-state index is 0.114. The molecule has 1 aromatic carbocycles. The van der Waals surface area contributed by atoms with Gasteiger partial charge in [0.2, 0.25) is 5.91 Å². The maximum absolute atomic E-state index is 11.6. The SMILES string of the molecule is CC(OCCCNC(=O)C1CCC1)c1ccccc1. The number of carbonyl (C=O) groups excluding carboxylic acids is 1. The Morgan fingerprint density at radius 1 is 1.37 bits per heavy atom. The highest BCUT2D eigenvalue weighted by atomic mass is 16.5. The summed E-state index contributed by atoms with van der Waals surface area (Å²) in [6.07, 6.45) is 4.31. The average molecular weight is 261 g/mol. The predicted molar refractivity (Wildman–Crippen MR) is 75.8 cm³/mol. The number of nitrogens with one attached hydrogen (secondary N) is 1. The first-order valence-corrected chi connectivity index (χ1v) is 7.21. The van der Waals surface area contributed by atoms with Gasteiger partial charge in [-0.05, 0) is 31.7 Å². The molecule has 1 atom stereocenters. The van der Waals surface area contributed by atoms with Crippen LogP contribution in [0.15, 0.2) is 30.3 Å². The van der Waals surface area contributed by atoms with E-state index in [9.17, 15) is 4.79 Å². The molecular weight excluding hydrogens is 238 g/mol. The Morgan fingerprint density at radius 2 is 2.11 bits per heavy atom. The first-order valence-electron chi connectivity index (χ1n) is 7.21. The third-order valence-electron chi connectivity index (χ3n) is 3.73. The molecule has 1 N–H and O–H groups in total. The van der Waals surface area contributed by atoms with Gasteiger partial charge >= 0.3 is 0 Å². The van der Waals surface area contributed by atoms with Crippen LogP contribution in [0.3, 0.4) is 0 Å². The Hall–Kier alpha value is -1.35. The molecule has 0 aliphatic heterocycles. The van der Waals surface area contributed by atoms with Crippen LogP contribution in [0.1, 0.15) is 44.3 Å². The van der Waals surface area contributed by atoms with E-state index >= 15 is 0 Å². The van der Waals surface area contributed by atoms with Crippen molar-refractivity contribution in [1.29, 1.82) is 0 Å². The van der Waals surface area contributed by atoms with E-state index in [2.05, 4.69) is 24.4 Å². The van der Waals surface area contributed by atoms with Crippen LogP contribution >= 0.6 is 0 Å². The molecule has 19 heavy (non-hydrogen) atoms. The average Bonchev–Trinajstić information content (AvgIpc) is 2.37. The monoisotopic (exact) mass is 261 g/mol. The van der Waals surface area contributed by atoms with Crippen LogP contribution in [0.25, 0.3) is 0 Å². The normalized spacial score (nSPS) is 16.7. The lowest BCUT2D eigenvalue weighted by atomic mass is 9.85. The van der Waals surface area contributed by atoms with Gasteiger partial charge in [-0.1, -0.05) is 36.8 Å². The number of ether oxygens (including phenoxy) is 1. The Kier molecular flexibility index (Phi) is 5.40. The van der Waals surface area contributed by atoms with Crippen molar-refractivity contribution in [2.75, 3.05) is 13.2 Å². The van der Waals surface area contributed by atoms with Gasteiger partial charge in [0.15, 0.2) is 0 Å². The molecule has 1 saturated carbocycles. The summed E-state index contributed by atoms with van der Waals surface area (Å²) in [4.78, 5) is 11.6. The molecule has 3 nitrogen and oxygen atoms in total. The van der Waals surface area contributed by atoms with E-state index in [0.29, 0.717) is 6.61 Å². The van der Waals surface area contributed by atoms with Crippen molar-refractivity contribution in [1.82, 2.24) is 5.32 Å². The molecule has 0 aromatic heterocycles. The molecule has 1 aromatic rings. The molecule has 1 amide bonds. The summed E-state index contributed by atoms with van der Waals surface area (Å²) in [6.45, 7) is 3.46. The topological polar surface area (TPSA) is 38.3 Å². The lowest BCUT2D eigenvalue weighted by Crippen LogP contribution is -2.35. The maximum Gasteiger partial charge on any atom is 0.223 e. The lowest BCUT2D eigenvalue weighted by Gasteiger charge is -2.24. The summed E-state index contributed by atoms with van der Waals surface area (Å²) in [6, 6.07) is 10.2. The summed E-state index contributed by atoms with van der Waals surface area (Å²) < 4.78 is 5.76. The Bertz CT molecular complexity index is 387. The minimum Gasteiger partial charge on any atom is -0.374 e. The van der Waals surface area contributed by atoms with Crippen LogP contribution in [0.2, 0.25) is 0 Å². The van der Waals surface area contributed by atoms with E-state index in [0.717, 1.165) is 25.8 Å². The highest BCUT2D eigenvalue weighted by molar-refractivity contribution is 5.79. The van der Waals surface area contributed by atoms with Gasteiger partial charge in [0.1, 0.15) is 0 Å². The van der Waals surface area contributed by atoms with Gasteiger partial charge in [-0.3, -0.25) is 4.79 Å². The number of rotatable bonds is 7. The molecule has 104 valence electrons. The van der Waals surface area contributed by atoms with Crippen molar-refractivity contribution in [3.63, 3.8) is 0 Å². The summed E-state index contributed by atoms with van der Waals surface area (Å²) in [5.74, 6) is 0.506. The van der Waals surface area contributed by atoms with Gasteiger partial charge in [-0.15, -0.1) is 0 Å². The molecule has 2 rings (SSSR count). The van der Waals surface area contributed by atoms with E-state index < -0.39 is 0 Å². The smallest absolute Gasteiger partial charge is 0.223 e. The van der Waals surface area contributed by atoms with E-state index in [1.54, 1.807) is 0 Å². The van der Waals surface area contributed by atoms with Crippen LogP contribution in [0.5, 0.6) is 0 Å². The van der Waals surface area contributed by atoms with Crippen molar-refractivity contribution in [3.8, 4) is 0 Å². The van der Waals surface area contributed by atoms with Gasteiger partial charge in [-0.2, -0.15) is 0 Å². The molecular formula is C16H23NO2. The van der Waals surface area contributed by atoms with E-state index in [1.165, 1.54) is 12.0 Å². The second-order valence-electron chi connectivity index (χ2n) is 5.20. The zero-order valence-electron chi connectivity index (χ0n) is 11.6. The van der Waals surface area contributed by atoms with Gasteiger partial charge in [0, 0.05) is 19.1 Å². The van der Waals surface area contributed by atoms with Crippen molar-refractivity contribution >= 4 is 5.91 Å². The van der Waals surface area contributed by atoms with Crippen LogP contribution in [0, 0.1) is 5.92 Å². The molecule has 0 spiro atoms. The molecule has 1 fully saturated rings. The van der Waals surface area contributed by atoms with E-state index in [4.69, 9.17) is 4.74 Å². The zero-order valence-corrected chi connectivity index (χ0v) is 11.6. The largest absolute Gasteiger partial charge is 0.374 e. The molecule has 0 heterocycles. The van der Waals surface area contributed by atoms with Crippen LogP contribution < -0.4 is 5.32 Å². The number of hydrogen-bond donors (Lipinski definition) is 1. The first kappa shape index (κ1) is 14.1. The second-order valence-corrected chi connectivity index (χ2v) is 5.20. The predicted octanol–water partition coefficient (Wildman–Crippen LogP) is 3.07. The molecule has 3 heteroatoms. The second kappa shape index (κ2) is 7.29. The fourth-order valence-electron chi connectivity index (χ4n) is 2.18. The van der Waals surface area contributed by atoms with Crippen molar-refractivity contribution in [3.05, 3.63) is 35.9 Å². The summed E-state index contributed by atoms with van der Waals surface area (Å²) in [5.41, 5.74) is 1.20. The van der Waals surface area contributed by atoms with Gasteiger partial charge in [-0.25, -0.2) is 0 Å². The third kappa shape index (κ3) is 4.35. The fourth-order valence-corrected chi connectivity index (χ4v) is 2.18. The van der Waals surface area contributed by atoms with Crippen LogP contribution in [0.4, 0.5) is 0 Å². The van der Waals surface area contributed by atoms with Crippen molar-refractivity contribution < 1.29 is 9.53 Å². The Balaban J connectivity index is 1.55. The zero-order chi connectivity index (χ0) is 13.5. The summed E-state index contributed by atoms with van der Waals surface area (Å²) in [5, 5.41) is 2.98.